The number of halogens is 6. The molecule has 0 saturated heterocycles. The van der Waals surface area contributed by atoms with Gasteiger partial charge in [-0.05, 0) is 56.9 Å². The Morgan fingerprint density at radius 3 is 2.16 bits per heavy atom. The fourth-order valence-corrected chi connectivity index (χ4v) is 5.72. The molecular formula is C20H19F6NO4S. The molecule has 2 aromatic rings. The van der Waals surface area contributed by atoms with Gasteiger partial charge in [0.05, 0.1) is 27.5 Å². The number of alkyl halides is 6. The number of hydrogen-bond acceptors (Lipinski definition) is 4. The van der Waals surface area contributed by atoms with Gasteiger partial charge in [0, 0.05) is 6.04 Å². The van der Waals surface area contributed by atoms with Crippen molar-refractivity contribution < 1.29 is 44.0 Å². The summed E-state index contributed by atoms with van der Waals surface area (Å²) in [5.41, 5.74) is -1.38. The number of amides is 1. The highest BCUT2D eigenvalue weighted by Crippen LogP contribution is 2.37. The van der Waals surface area contributed by atoms with Gasteiger partial charge >= 0.3 is 12.5 Å². The smallest absolute Gasteiger partial charge is 0.469 e. The second-order valence-electron chi connectivity index (χ2n) is 7.53. The highest BCUT2D eigenvalue weighted by atomic mass is 32.2. The summed E-state index contributed by atoms with van der Waals surface area (Å²) in [6.07, 6.45) is -9.65. The number of rotatable bonds is 4. The van der Waals surface area contributed by atoms with Gasteiger partial charge in [-0.25, -0.2) is 13.3 Å². The van der Waals surface area contributed by atoms with E-state index in [9.17, 15) is 39.6 Å². The molecule has 1 aromatic heterocycles. The van der Waals surface area contributed by atoms with Gasteiger partial charge in [-0.15, -0.1) is 13.2 Å². The minimum Gasteiger partial charge on any atom is -0.469 e. The molecule has 1 heterocycles. The molecule has 176 valence electrons. The molecule has 1 fully saturated rings. The first kappa shape index (κ1) is 24.1. The van der Waals surface area contributed by atoms with E-state index >= 15 is 0 Å². The summed E-state index contributed by atoms with van der Waals surface area (Å²) in [6.45, 7) is 1.35. The van der Waals surface area contributed by atoms with Crippen molar-refractivity contribution in [3.05, 3.63) is 53.5 Å². The van der Waals surface area contributed by atoms with Crippen molar-refractivity contribution in [3.8, 4) is 0 Å². The third-order valence-electron chi connectivity index (χ3n) is 5.52. The molecule has 1 saturated carbocycles. The van der Waals surface area contributed by atoms with Crippen molar-refractivity contribution in [2.45, 2.75) is 61.3 Å². The molecule has 0 spiro atoms. The lowest BCUT2D eigenvalue weighted by molar-refractivity contribution is -0.238. The van der Waals surface area contributed by atoms with E-state index in [4.69, 9.17) is 4.42 Å². The van der Waals surface area contributed by atoms with Crippen LogP contribution in [0.15, 0.2) is 45.9 Å². The molecule has 1 aromatic carbocycles. The zero-order chi connectivity index (χ0) is 23.9. The molecule has 1 aliphatic carbocycles. The number of benzene rings is 1. The molecule has 0 unspecified atom stereocenters. The summed E-state index contributed by atoms with van der Waals surface area (Å²) in [5.74, 6) is -1.28. The van der Waals surface area contributed by atoms with E-state index in [2.05, 4.69) is 0 Å². The Kier molecular flexibility index (Phi) is 6.38. The predicted molar refractivity (Wildman–Crippen MR) is 100 cm³/mol. The van der Waals surface area contributed by atoms with E-state index in [1.807, 2.05) is 0 Å². The van der Waals surface area contributed by atoms with E-state index in [1.165, 1.54) is 6.92 Å². The lowest BCUT2D eigenvalue weighted by Crippen LogP contribution is -2.51. The van der Waals surface area contributed by atoms with Crippen LogP contribution in [0.5, 0.6) is 0 Å². The van der Waals surface area contributed by atoms with Crippen molar-refractivity contribution in [3.63, 3.8) is 0 Å². The first-order chi connectivity index (χ1) is 14.7. The summed E-state index contributed by atoms with van der Waals surface area (Å²) in [7, 11) is -4.20. The number of hydrogen-bond donors (Lipinski definition) is 0. The standard InChI is InChI=1S/C20H19F6NO4S/c1-12-17(9-10-31-12)18(28)27(20(24,25)26)14-5-7-15(8-6-14)32(29,30)16-4-2-3-13(11-16)19(21,22)23/h2-4,9-11,14-15H,5-8H2,1H3. The average Bonchev–Trinajstić information content (AvgIpc) is 3.13. The van der Waals surface area contributed by atoms with Crippen LogP contribution < -0.4 is 0 Å². The van der Waals surface area contributed by atoms with Crippen LogP contribution in [0.3, 0.4) is 0 Å². The quantitative estimate of drug-likeness (QED) is 0.434. The number of furan rings is 1. The van der Waals surface area contributed by atoms with Crippen LogP contribution in [0.25, 0.3) is 0 Å². The largest absolute Gasteiger partial charge is 0.487 e. The van der Waals surface area contributed by atoms with Crippen molar-refractivity contribution in [1.29, 1.82) is 0 Å². The first-order valence-corrected chi connectivity index (χ1v) is 11.1. The number of aryl methyl sites for hydroxylation is 1. The second-order valence-corrected chi connectivity index (χ2v) is 9.76. The summed E-state index contributed by atoms with van der Waals surface area (Å²) in [6, 6.07) is 3.09. The van der Waals surface area contributed by atoms with Gasteiger partial charge in [-0.2, -0.15) is 13.2 Å². The summed E-state index contributed by atoms with van der Waals surface area (Å²) < 4.78 is 110. The Bertz CT molecular complexity index is 1080. The molecule has 5 nitrogen and oxygen atoms in total. The Morgan fingerprint density at radius 1 is 1.03 bits per heavy atom. The molecule has 0 aliphatic heterocycles. The Labute approximate surface area is 179 Å². The van der Waals surface area contributed by atoms with Gasteiger partial charge in [-0.1, -0.05) is 6.07 Å². The minimum atomic E-state index is -5.00. The van der Waals surface area contributed by atoms with Crippen molar-refractivity contribution in [1.82, 2.24) is 4.90 Å². The lowest BCUT2D eigenvalue weighted by Gasteiger charge is -2.37. The van der Waals surface area contributed by atoms with Crippen LogP contribution >= 0.6 is 0 Å². The van der Waals surface area contributed by atoms with Crippen LogP contribution in [0.2, 0.25) is 0 Å². The maximum Gasteiger partial charge on any atom is 0.487 e. The Morgan fingerprint density at radius 2 is 1.66 bits per heavy atom. The fourth-order valence-electron chi connectivity index (χ4n) is 3.88. The average molecular weight is 483 g/mol. The van der Waals surface area contributed by atoms with Crippen LogP contribution in [0.4, 0.5) is 26.3 Å². The molecule has 32 heavy (non-hydrogen) atoms. The molecular weight excluding hydrogens is 464 g/mol. The van der Waals surface area contributed by atoms with Gasteiger partial charge in [0.1, 0.15) is 5.76 Å². The third-order valence-corrected chi connectivity index (χ3v) is 7.78. The molecule has 12 heteroatoms. The highest BCUT2D eigenvalue weighted by molar-refractivity contribution is 7.92. The maximum atomic E-state index is 13.7. The van der Waals surface area contributed by atoms with Crippen LogP contribution in [-0.2, 0) is 16.0 Å². The van der Waals surface area contributed by atoms with Gasteiger partial charge in [0.25, 0.3) is 5.91 Å². The van der Waals surface area contributed by atoms with E-state index in [1.54, 1.807) is 0 Å². The molecule has 0 radical (unpaired) electrons. The molecule has 0 N–H and O–H groups in total. The van der Waals surface area contributed by atoms with E-state index in [0.717, 1.165) is 30.5 Å². The normalized spacial score (nSPS) is 20.2. The monoisotopic (exact) mass is 483 g/mol. The molecule has 3 rings (SSSR count). The van der Waals surface area contributed by atoms with Gasteiger partial charge < -0.3 is 4.42 Å². The number of carbonyl (C=O) groups is 1. The van der Waals surface area contributed by atoms with Gasteiger partial charge in [0.15, 0.2) is 9.84 Å². The van der Waals surface area contributed by atoms with E-state index < -0.39 is 50.0 Å². The fraction of sp³-hybridized carbons (Fsp3) is 0.450. The summed E-state index contributed by atoms with van der Waals surface area (Å²) in [4.78, 5) is 11.8. The van der Waals surface area contributed by atoms with E-state index in [0.29, 0.717) is 6.07 Å². The maximum absolute atomic E-state index is 13.7. The SMILES string of the molecule is Cc1occc1C(=O)N(C1CCC(S(=O)(=O)c2cccc(C(F)(F)F)c2)CC1)C(F)(F)F. The minimum absolute atomic E-state index is 0.0186. The molecule has 1 amide bonds. The topological polar surface area (TPSA) is 67.6 Å². The van der Waals surface area contributed by atoms with E-state index in [-0.39, 0.29) is 41.9 Å². The van der Waals surface area contributed by atoms with Crippen molar-refractivity contribution in [2.24, 2.45) is 0 Å². The summed E-state index contributed by atoms with van der Waals surface area (Å²) >= 11 is 0. The number of carbonyl (C=O) groups excluding carboxylic acids is 1. The summed E-state index contributed by atoms with van der Waals surface area (Å²) in [5, 5.41) is -1.15. The zero-order valence-electron chi connectivity index (χ0n) is 16.7. The van der Waals surface area contributed by atoms with Crippen molar-refractivity contribution in [2.75, 3.05) is 0 Å². The first-order valence-electron chi connectivity index (χ1n) is 9.58. The van der Waals surface area contributed by atoms with Crippen LogP contribution in [-0.4, -0.2) is 36.8 Å². The lowest BCUT2D eigenvalue weighted by atomic mass is 9.93. The highest BCUT2D eigenvalue weighted by Gasteiger charge is 2.48. The van der Waals surface area contributed by atoms with Gasteiger partial charge in [-0.3, -0.25) is 4.79 Å². The second kappa shape index (κ2) is 8.45. The zero-order valence-corrected chi connectivity index (χ0v) is 17.5. The Balaban J connectivity index is 1.80. The Hall–Kier alpha value is -2.50. The number of nitrogens with zero attached hydrogens (tertiary/aromatic N) is 1. The van der Waals surface area contributed by atoms with Gasteiger partial charge in [0.2, 0.25) is 0 Å². The van der Waals surface area contributed by atoms with Crippen LogP contribution in [0.1, 0.15) is 47.4 Å². The molecule has 0 atom stereocenters. The predicted octanol–water partition coefficient (Wildman–Crippen LogP) is 5.35. The van der Waals surface area contributed by atoms with Crippen molar-refractivity contribution >= 4 is 15.7 Å². The molecule has 0 bridgehead atoms. The number of sulfone groups is 1. The third kappa shape index (κ3) is 4.79. The van der Waals surface area contributed by atoms with Crippen LogP contribution in [0, 0.1) is 6.92 Å². The molecule has 1 aliphatic rings.